The number of phenols is 1. The summed E-state index contributed by atoms with van der Waals surface area (Å²) in [6.45, 7) is 1.47. The first-order chi connectivity index (χ1) is 7.63. The van der Waals surface area contributed by atoms with Crippen LogP contribution >= 0.6 is 0 Å². The molecule has 4 nitrogen and oxygen atoms in total. The standard InChI is InChI=1S/C12H9NO3/c1-7(14)8-2-4-10-9(6-8)3-5-11(15)12(10)13-16/h2-6,15H,1H3. The Kier molecular flexibility index (Phi) is 2.40. The van der Waals surface area contributed by atoms with Gasteiger partial charge in [-0.3, -0.25) is 4.79 Å². The number of Topliss-reactive ketones (excluding diaryl/α,β-unsaturated/α-hetero) is 1. The van der Waals surface area contributed by atoms with Crippen LogP contribution in [0.2, 0.25) is 0 Å². The first-order valence-corrected chi connectivity index (χ1v) is 4.73. The van der Waals surface area contributed by atoms with Crippen LogP contribution in [-0.2, 0) is 0 Å². The van der Waals surface area contributed by atoms with Gasteiger partial charge in [-0.15, -0.1) is 4.91 Å². The van der Waals surface area contributed by atoms with Gasteiger partial charge in [0.15, 0.2) is 11.5 Å². The summed E-state index contributed by atoms with van der Waals surface area (Å²) >= 11 is 0. The van der Waals surface area contributed by atoms with Gasteiger partial charge in [0.25, 0.3) is 0 Å². The lowest BCUT2D eigenvalue weighted by atomic mass is 10.0. The molecule has 0 fully saturated rings. The van der Waals surface area contributed by atoms with E-state index < -0.39 is 0 Å². The van der Waals surface area contributed by atoms with Crippen LogP contribution in [0.5, 0.6) is 5.75 Å². The van der Waals surface area contributed by atoms with E-state index >= 15 is 0 Å². The summed E-state index contributed by atoms with van der Waals surface area (Å²) in [6.07, 6.45) is 0. The molecular formula is C12H9NO3. The Morgan fingerprint density at radius 3 is 2.62 bits per heavy atom. The van der Waals surface area contributed by atoms with Crippen LogP contribution in [0.1, 0.15) is 17.3 Å². The van der Waals surface area contributed by atoms with Crippen molar-refractivity contribution < 1.29 is 9.90 Å². The van der Waals surface area contributed by atoms with Crippen molar-refractivity contribution in [3.63, 3.8) is 0 Å². The van der Waals surface area contributed by atoms with E-state index in [0.29, 0.717) is 16.3 Å². The average molecular weight is 215 g/mol. The predicted octanol–water partition coefficient (Wildman–Crippen LogP) is 3.15. The van der Waals surface area contributed by atoms with E-state index in [9.17, 15) is 14.8 Å². The van der Waals surface area contributed by atoms with E-state index in [1.807, 2.05) is 0 Å². The molecule has 0 atom stereocenters. The molecule has 80 valence electrons. The fourth-order valence-corrected chi connectivity index (χ4v) is 1.62. The van der Waals surface area contributed by atoms with Gasteiger partial charge in [0.05, 0.1) is 0 Å². The zero-order valence-corrected chi connectivity index (χ0v) is 8.60. The topological polar surface area (TPSA) is 66.7 Å². The molecule has 0 saturated carbocycles. The van der Waals surface area contributed by atoms with Crippen molar-refractivity contribution in [2.75, 3.05) is 0 Å². The van der Waals surface area contributed by atoms with Crippen molar-refractivity contribution in [3.8, 4) is 5.75 Å². The van der Waals surface area contributed by atoms with Crippen LogP contribution < -0.4 is 0 Å². The molecule has 0 bridgehead atoms. The number of carbonyl (C=O) groups excluding carboxylic acids is 1. The molecule has 0 saturated heterocycles. The Hall–Kier alpha value is -2.23. The summed E-state index contributed by atoms with van der Waals surface area (Å²) in [5, 5.41) is 13.5. The second-order valence-electron chi connectivity index (χ2n) is 3.52. The summed E-state index contributed by atoms with van der Waals surface area (Å²) in [5.74, 6) is -0.200. The van der Waals surface area contributed by atoms with Gasteiger partial charge in [-0.25, -0.2) is 0 Å². The molecule has 0 heterocycles. The van der Waals surface area contributed by atoms with Crippen molar-refractivity contribution in [1.29, 1.82) is 0 Å². The fraction of sp³-hybridized carbons (Fsp3) is 0.0833. The van der Waals surface area contributed by atoms with Crippen LogP contribution in [0.25, 0.3) is 10.8 Å². The van der Waals surface area contributed by atoms with Gasteiger partial charge < -0.3 is 5.11 Å². The third-order valence-corrected chi connectivity index (χ3v) is 2.47. The number of phenolic OH excluding ortho intramolecular Hbond substituents is 1. The number of benzene rings is 2. The monoisotopic (exact) mass is 215 g/mol. The third kappa shape index (κ3) is 1.54. The number of rotatable bonds is 2. The molecule has 0 amide bonds. The van der Waals surface area contributed by atoms with Crippen LogP contribution in [0, 0.1) is 4.91 Å². The largest absolute Gasteiger partial charge is 0.506 e. The molecule has 1 N–H and O–H groups in total. The number of ketones is 1. The zero-order chi connectivity index (χ0) is 11.7. The average Bonchev–Trinajstić information content (AvgIpc) is 2.28. The Bertz CT molecular complexity index is 590. The first kappa shape index (κ1) is 10.3. The lowest BCUT2D eigenvalue weighted by Crippen LogP contribution is -1.90. The van der Waals surface area contributed by atoms with Gasteiger partial charge in [0.1, 0.15) is 5.75 Å². The minimum Gasteiger partial charge on any atom is -0.506 e. The first-order valence-electron chi connectivity index (χ1n) is 4.73. The lowest BCUT2D eigenvalue weighted by molar-refractivity contribution is 0.101. The van der Waals surface area contributed by atoms with E-state index in [1.54, 1.807) is 24.3 Å². The molecule has 0 aliphatic heterocycles. The van der Waals surface area contributed by atoms with Crippen LogP contribution in [0.3, 0.4) is 0 Å². The van der Waals surface area contributed by atoms with Crippen molar-refractivity contribution in [3.05, 3.63) is 40.8 Å². The second-order valence-corrected chi connectivity index (χ2v) is 3.52. The molecule has 0 aliphatic rings. The Morgan fingerprint density at radius 2 is 2.00 bits per heavy atom. The third-order valence-electron chi connectivity index (χ3n) is 2.47. The van der Waals surface area contributed by atoms with Gasteiger partial charge in [0.2, 0.25) is 0 Å². The maximum Gasteiger partial charge on any atom is 0.159 e. The molecule has 16 heavy (non-hydrogen) atoms. The quantitative estimate of drug-likeness (QED) is 0.618. The van der Waals surface area contributed by atoms with E-state index in [1.165, 1.54) is 13.0 Å². The van der Waals surface area contributed by atoms with Gasteiger partial charge in [-0.1, -0.05) is 18.2 Å². The lowest BCUT2D eigenvalue weighted by Gasteiger charge is -2.03. The number of nitrogens with zero attached hydrogens (tertiary/aromatic N) is 1. The molecule has 2 aromatic carbocycles. The second kappa shape index (κ2) is 3.73. The van der Waals surface area contributed by atoms with Crippen LogP contribution in [-0.4, -0.2) is 10.9 Å². The smallest absolute Gasteiger partial charge is 0.159 e. The number of carbonyl (C=O) groups is 1. The highest BCUT2D eigenvalue weighted by Crippen LogP contribution is 2.34. The predicted molar refractivity (Wildman–Crippen MR) is 61.1 cm³/mol. The van der Waals surface area contributed by atoms with Gasteiger partial charge in [-0.05, 0) is 29.6 Å². The van der Waals surface area contributed by atoms with Crippen molar-refractivity contribution in [1.82, 2.24) is 0 Å². The Labute approximate surface area is 91.5 Å². The summed E-state index contributed by atoms with van der Waals surface area (Å²) in [6, 6.07) is 7.93. The van der Waals surface area contributed by atoms with Crippen LogP contribution in [0.15, 0.2) is 35.5 Å². The fourth-order valence-electron chi connectivity index (χ4n) is 1.62. The van der Waals surface area contributed by atoms with E-state index in [2.05, 4.69) is 5.18 Å². The molecule has 2 rings (SSSR count). The summed E-state index contributed by atoms with van der Waals surface area (Å²) in [5.41, 5.74) is 0.572. The summed E-state index contributed by atoms with van der Waals surface area (Å²) in [7, 11) is 0. The van der Waals surface area contributed by atoms with E-state index in [0.717, 1.165) is 0 Å². The van der Waals surface area contributed by atoms with E-state index in [-0.39, 0.29) is 17.2 Å². The van der Waals surface area contributed by atoms with Crippen LogP contribution in [0.4, 0.5) is 5.69 Å². The van der Waals surface area contributed by atoms with Crippen molar-refractivity contribution >= 4 is 22.2 Å². The zero-order valence-electron chi connectivity index (χ0n) is 8.60. The van der Waals surface area contributed by atoms with E-state index in [4.69, 9.17) is 0 Å². The minimum atomic E-state index is -0.155. The molecule has 0 aromatic heterocycles. The molecule has 0 unspecified atom stereocenters. The van der Waals surface area contributed by atoms with Gasteiger partial charge in [0, 0.05) is 10.9 Å². The number of fused-ring (bicyclic) bond motifs is 1. The maximum absolute atomic E-state index is 11.2. The maximum atomic E-state index is 11.2. The van der Waals surface area contributed by atoms with Crippen molar-refractivity contribution in [2.24, 2.45) is 5.18 Å². The molecule has 4 heteroatoms. The minimum absolute atomic E-state index is 0.00704. The molecule has 0 spiro atoms. The van der Waals surface area contributed by atoms with Gasteiger partial charge in [-0.2, -0.15) is 0 Å². The number of hydrogen-bond donors (Lipinski definition) is 1. The Balaban J connectivity index is 2.78. The highest BCUT2D eigenvalue weighted by molar-refractivity contribution is 6.02. The molecule has 2 aromatic rings. The number of aromatic hydroxyl groups is 1. The molecule has 0 aliphatic carbocycles. The Morgan fingerprint density at radius 1 is 1.25 bits per heavy atom. The normalized spacial score (nSPS) is 10.3. The SMILES string of the molecule is CC(=O)c1ccc2c(N=O)c(O)ccc2c1. The number of nitroso groups, excluding NO2 is 1. The number of hydrogen-bond acceptors (Lipinski definition) is 4. The van der Waals surface area contributed by atoms with Crippen molar-refractivity contribution in [2.45, 2.75) is 6.92 Å². The molecular weight excluding hydrogens is 206 g/mol. The summed E-state index contributed by atoms with van der Waals surface area (Å²) < 4.78 is 0. The summed E-state index contributed by atoms with van der Waals surface area (Å²) in [4.78, 5) is 21.8. The molecule has 0 radical (unpaired) electrons. The highest BCUT2D eigenvalue weighted by atomic mass is 16.3. The highest BCUT2D eigenvalue weighted by Gasteiger charge is 2.08. The van der Waals surface area contributed by atoms with Gasteiger partial charge >= 0.3 is 0 Å².